The lowest BCUT2D eigenvalue weighted by Gasteiger charge is -2.07. The molecule has 0 radical (unpaired) electrons. The summed E-state index contributed by atoms with van der Waals surface area (Å²) in [5.74, 6) is 1.03. The standard InChI is InChI=1S/C13H13ClN2/c1-9-5-3-4-6-11(9)12-7-10(2)15-13(8-14)16-12/h3-7H,8H2,1-2H3. The quantitative estimate of drug-likeness (QED) is 0.741. The van der Waals surface area contributed by atoms with Crippen molar-refractivity contribution in [2.24, 2.45) is 0 Å². The second-order valence-electron chi connectivity index (χ2n) is 3.76. The van der Waals surface area contributed by atoms with Crippen LogP contribution in [0, 0.1) is 13.8 Å². The lowest BCUT2D eigenvalue weighted by atomic mass is 10.1. The fourth-order valence-electron chi connectivity index (χ4n) is 1.69. The zero-order valence-electron chi connectivity index (χ0n) is 9.37. The number of rotatable bonds is 2. The summed E-state index contributed by atoms with van der Waals surface area (Å²) >= 11 is 5.77. The molecule has 0 bridgehead atoms. The average molecular weight is 233 g/mol. The highest BCUT2D eigenvalue weighted by atomic mass is 35.5. The van der Waals surface area contributed by atoms with E-state index in [-0.39, 0.29) is 0 Å². The van der Waals surface area contributed by atoms with E-state index in [1.54, 1.807) is 0 Å². The molecule has 0 atom stereocenters. The van der Waals surface area contributed by atoms with Gasteiger partial charge in [-0.15, -0.1) is 11.6 Å². The highest BCUT2D eigenvalue weighted by molar-refractivity contribution is 6.16. The van der Waals surface area contributed by atoms with Crippen LogP contribution >= 0.6 is 11.6 Å². The molecule has 0 unspecified atom stereocenters. The minimum atomic E-state index is 0.348. The van der Waals surface area contributed by atoms with Gasteiger partial charge in [-0.3, -0.25) is 0 Å². The molecule has 2 rings (SSSR count). The summed E-state index contributed by atoms with van der Waals surface area (Å²) in [6.07, 6.45) is 0. The first-order valence-corrected chi connectivity index (χ1v) is 5.70. The van der Waals surface area contributed by atoms with Gasteiger partial charge in [0.2, 0.25) is 0 Å². The third-order valence-electron chi connectivity index (χ3n) is 2.44. The summed E-state index contributed by atoms with van der Waals surface area (Å²) in [5.41, 5.74) is 4.24. The van der Waals surface area contributed by atoms with E-state index in [4.69, 9.17) is 11.6 Å². The number of alkyl halides is 1. The van der Waals surface area contributed by atoms with E-state index in [1.165, 1.54) is 5.56 Å². The van der Waals surface area contributed by atoms with Crippen molar-refractivity contribution in [3.63, 3.8) is 0 Å². The lowest BCUT2D eigenvalue weighted by Crippen LogP contribution is -1.97. The molecular weight excluding hydrogens is 220 g/mol. The number of hydrogen-bond acceptors (Lipinski definition) is 2. The van der Waals surface area contributed by atoms with Gasteiger partial charge in [0.25, 0.3) is 0 Å². The topological polar surface area (TPSA) is 25.8 Å². The number of halogens is 1. The second-order valence-corrected chi connectivity index (χ2v) is 4.03. The van der Waals surface area contributed by atoms with Crippen LogP contribution in [0.3, 0.4) is 0 Å². The molecular formula is C13H13ClN2. The molecule has 0 amide bonds. The maximum Gasteiger partial charge on any atom is 0.143 e. The summed E-state index contributed by atoms with van der Waals surface area (Å²) < 4.78 is 0. The average Bonchev–Trinajstić information content (AvgIpc) is 2.28. The molecule has 2 aromatic rings. The Hall–Kier alpha value is -1.41. The maximum absolute atomic E-state index is 5.77. The van der Waals surface area contributed by atoms with Crippen molar-refractivity contribution in [1.82, 2.24) is 9.97 Å². The number of hydrogen-bond donors (Lipinski definition) is 0. The van der Waals surface area contributed by atoms with Crippen molar-refractivity contribution in [3.8, 4) is 11.3 Å². The van der Waals surface area contributed by atoms with Crippen LogP contribution in [0.4, 0.5) is 0 Å². The molecule has 3 heteroatoms. The molecule has 82 valence electrons. The Bertz CT molecular complexity index is 509. The molecule has 16 heavy (non-hydrogen) atoms. The molecule has 0 fully saturated rings. The van der Waals surface area contributed by atoms with E-state index < -0.39 is 0 Å². The van der Waals surface area contributed by atoms with Gasteiger partial charge in [0.1, 0.15) is 5.82 Å². The van der Waals surface area contributed by atoms with Gasteiger partial charge in [-0.05, 0) is 25.5 Å². The van der Waals surface area contributed by atoms with Gasteiger partial charge in [0.15, 0.2) is 0 Å². The SMILES string of the molecule is Cc1cc(-c2ccccc2C)nc(CCl)n1. The zero-order valence-corrected chi connectivity index (χ0v) is 10.1. The molecule has 0 aliphatic heterocycles. The van der Waals surface area contributed by atoms with Gasteiger partial charge >= 0.3 is 0 Å². The van der Waals surface area contributed by atoms with Crippen LogP contribution in [-0.4, -0.2) is 9.97 Å². The largest absolute Gasteiger partial charge is 0.237 e. The normalized spacial score (nSPS) is 10.4. The van der Waals surface area contributed by atoms with Crippen LogP contribution in [0.5, 0.6) is 0 Å². The minimum Gasteiger partial charge on any atom is -0.237 e. The van der Waals surface area contributed by atoms with Crippen LogP contribution in [-0.2, 0) is 5.88 Å². The molecule has 0 saturated heterocycles. The van der Waals surface area contributed by atoms with Crippen molar-refractivity contribution in [2.75, 3.05) is 0 Å². The Morgan fingerprint density at radius 1 is 1.12 bits per heavy atom. The Labute approximate surface area is 100 Å². The van der Waals surface area contributed by atoms with E-state index in [1.807, 2.05) is 25.1 Å². The molecule has 0 saturated carbocycles. The number of aryl methyl sites for hydroxylation is 2. The van der Waals surface area contributed by atoms with Crippen LogP contribution in [0.15, 0.2) is 30.3 Å². The molecule has 1 heterocycles. The molecule has 0 spiro atoms. The molecule has 0 aliphatic rings. The van der Waals surface area contributed by atoms with Gasteiger partial charge in [0, 0.05) is 11.3 Å². The summed E-state index contributed by atoms with van der Waals surface area (Å²) in [4.78, 5) is 8.70. The van der Waals surface area contributed by atoms with E-state index in [2.05, 4.69) is 29.0 Å². The van der Waals surface area contributed by atoms with Gasteiger partial charge in [-0.1, -0.05) is 24.3 Å². The maximum atomic E-state index is 5.77. The smallest absolute Gasteiger partial charge is 0.143 e. The zero-order chi connectivity index (χ0) is 11.5. The number of aromatic nitrogens is 2. The van der Waals surface area contributed by atoms with Crippen LogP contribution in [0.25, 0.3) is 11.3 Å². The highest BCUT2D eigenvalue weighted by Crippen LogP contribution is 2.21. The fraction of sp³-hybridized carbons (Fsp3) is 0.231. The Kier molecular flexibility index (Phi) is 3.20. The lowest BCUT2D eigenvalue weighted by molar-refractivity contribution is 0.996. The van der Waals surface area contributed by atoms with Crippen molar-refractivity contribution in [1.29, 1.82) is 0 Å². The first kappa shape index (κ1) is 11.1. The van der Waals surface area contributed by atoms with Crippen molar-refractivity contribution in [3.05, 3.63) is 47.4 Å². The third-order valence-corrected chi connectivity index (χ3v) is 2.68. The van der Waals surface area contributed by atoms with Gasteiger partial charge in [0.05, 0.1) is 11.6 Å². The van der Waals surface area contributed by atoms with Gasteiger partial charge in [-0.25, -0.2) is 9.97 Å². The summed E-state index contributed by atoms with van der Waals surface area (Å²) in [6, 6.07) is 10.2. The number of nitrogens with zero attached hydrogens (tertiary/aromatic N) is 2. The summed E-state index contributed by atoms with van der Waals surface area (Å²) in [6.45, 7) is 4.03. The van der Waals surface area contributed by atoms with E-state index in [0.29, 0.717) is 11.7 Å². The predicted molar refractivity (Wildman–Crippen MR) is 66.5 cm³/mol. The highest BCUT2D eigenvalue weighted by Gasteiger charge is 2.05. The van der Waals surface area contributed by atoms with Crippen molar-refractivity contribution >= 4 is 11.6 Å². The molecule has 1 aromatic heterocycles. The fourth-order valence-corrected chi connectivity index (χ4v) is 1.81. The Morgan fingerprint density at radius 2 is 1.88 bits per heavy atom. The second kappa shape index (κ2) is 4.62. The van der Waals surface area contributed by atoms with Gasteiger partial charge < -0.3 is 0 Å². The first-order chi connectivity index (χ1) is 7.70. The van der Waals surface area contributed by atoms with Crippen molar-refractivity contribution in [2.45, 2.75) is 19.7 Å². The minimum absolute atomic E-state index is 0.348. The van der Waals surface area contributed by atoms with Crippen LogP contribution in [0.1, 0.15) is 17.1 Å². The summed E-state index contributed by atoms with van der Waals surface area (Å²) in [7, 11) is 0. The molecule has 0 N–H and O–H groups in total. The Balaban J connectivity index is 2.56. The number of benzene rings is 1. The van der Waals surface area contributed by atoms with E-state index in [9.17, 15) is 0 Å². The molecule has 1 aromatic carbocycles. The molecule has 0 aliphatic carbocycles. The van der Waals surface area contributed by atoms with Gasteiger partial charge in [-0.2, -0.15) is 0 Å². The van der Waals surface area contributed by atoms with Crippen LogP contribution in [0.2, 0.25) is 0 Å². The summed E-state index contributed by atoms with van der Waals surface area (Å²) in [5, 5.41) is 0. The Morgan fingerprint density at radius 3 is 2.56 bits per heavy atom. The predicted octanol–water partition coefficient (Wildman–Crippen LogP) is 3.50. The molecule has 2 nitrogen and oxygen atoms in total. The van der Waals surface area contributed by atoms with Crippen molar-refractivity contribution < 1.29 is 0 Å². The van der Waals surface area contributed by atoms with Crippen LogP contribution < -0.4 is 0 Å². The van der Waals surface area contributed by atoms with E-state index in [0.717, 1.165) is 17.0 Å². The third kappa shape index (κ3) is 2.22. The monoisotopic (exact) mass is 232 g/mol. The first-order valence-electron chi connectivity index (χ1n) is 5.17. The van der Waals surface area contributed by atoms with E-state index >= 15 is 0 Å².